The van der Waals surface area contributed by atoms with Crippen LogP contribution in [-0.4, -0.2) is 66.2 Å². The van der Waals surface area contributed by atoms with Crippen LogP contribution in [0.3, 0.4) is 0 Å². The number of amides is 2. The molecule has 0 saturated carbocycles. The van der Waals surface area contributed by atoms with Crippen molar-refractivity contribution in [3.63, 3.8) is 0 Å². The Labute approximate surface area is 114 Å². The van der Waals surface area contributed by atoms with Crippen LogP contribution in [-0.2, 0) is 4.79 Å². The number of aliphatic carboxylic acids is 1. The maximum atomic E-state index is 12.1. The van der Waals surface area contributed by atoms with Crippen LogP contribution in [0.1, 0.15) is 26.7 Å². The zero-order valence-electron chi connectivity index (χ0n) is 12.2. The molecule has 1 heterocycles. The Morgan fingerprint density at radius 3 is 2.63 bits per heavy atom. The van der Waals surface area contributed by atoms with E-state index in [0.717, 1.165) is 19.4 Å². The Balaban J connectivity index is 2.51. The molecule has 1 fully saturated rings. The number of likely N-dealkylation sites (tertiary alicyclic amines) is 1. The predicted octanol–water partition coefficient (Wildman–Crippen LogP) is 0.831. The molecule has 3 unspecified atom stereocenters. The summed E-state index contributed by atoms with van der Waals surface area (Å²) in [5.41, 5.74) is 0. The fourth-order valence-electron chi connectivity index (χ4n) is 2.37. The third-order valence-electron chi connectivity index (χ3n) is 3.59. The summed E-state index contributed by atoms with van der Waals surface area (Å²) in [6.45, 7) is 5.22. The Kier molecular flexibility index (Phi) is 5.60. The first kappa shape index (κ1) is 15.8. The fraction of sp³-hybridized carbons (Fsp3) is 0.846. The van der Waals surface area contributed by atoms with E-state index in [1.54, 1.807) is 0 Å². The van der Waals surface area contributed by atoms with E-state index in [9.17, 15) is 14.7 Å². The fourth-order valence-corrected chi connectivity index (χ4v) is 2.37. The Morgan fingerprint density at radius 1 is 1.47 bits per heavy atom. The number of nitrogens with one attached hydrogen (secondary N) is 1. The second-order valence-corrected chi connectivity index (χ2v) is 5.68. The molecule has 0 aromatic carbocycles. The number of carboxylic acid groups (broad SMARTS) is 1. The van der Waals surface area contributed by atoms with Gasteiger partial charge in [-0.15, -0.1) is 0 Å². The molecule has 2 N–H and O–H groups in total. The standard InChI is InChI=1S/C13H25N3O3/c1-9-5-8-16(11(9)12(17)18)13(19)14-10(2)6-7-15(3)4/h9-11H,5-8H2,1-4H3,(H,14,19)(H,17,18). The van der Waals surface area contributed by atoms with Gasteiger partial charge >= 0.3 is 12.0 Å². The van der Waals surface area contributed by atoms with Crippen LogP contribution in [0.25, 0.3) is 0 Å². The van der Waals surface area contributed by atoms with Crippen molar-refractivity contribution < 1.29 is 14.7 Å². The monoisotopic (exact) mass is 271 g/mol. The molecule has 0 spiro atoms. The zero-order chi connectivity index (χ0) is 14.6. The van der Waals surface area contributed by atoms with Crippen molar-refractivity contribution in [2.75, 3.05) is 27.2 Å². The van der Waals surface area contributed by atoms with Gasteiger partial charge in [0.05, 0.1) is 0 Å². The average Bonchev–Trinajstić information content (AvgIpc) is 2.68. The SMILES string of the molecule is CC(CCN(C)C)NC(=O)N1CCC(C)C1C(=O)O. The predicted molar refractivity (Wildman–Crippen MR) is 73.1 cm³/mol. The first-order valence-corrected chi connectivity index (χ1v) is 6.77. The summed E-state index contributed by atoms with van der Waals surface area (Å²) in [6.07, 6.45) is 1.59. The molecule has 1 saturated heterocycles. The van der Waals surface area contributed by atoms with Gasteiger partial charge in [-0.25, -0.2) is 9.59 Å². The van der Waals surface area contributed by atoms with Crippen molar-refractivity contribution in [1.82, 2.24) is 15.1 Å². The third-order valence-corrected chi connectivity index (χ3v) is 3.59. The summed E-state index contributed by atoms with van der Waals surface area (Å²) in [5.74, 6) is -0.901. The second kappa shape index (κ2) is 6.75. The minimum Gasteiger partial charge on any atom is -0.480 e. The van der Waals surface area contributed by atoms with E-state index in [1.165, 1.54) is 4.90 Å². The molecule has 3 atom stereocenters. The van der Waals surface area contributed by atoms with Crippen LogP contribution in [0.2, 0.25) is 0 Å². The van der Waals surface area contributed by atoms with E-state index >= 15 is 0 Å². The summed E-state index contributed by atoms with van der Waals surface area (Å²) in [4.78, 5) is 26.8. The molecule has 0 aromatic rings. The van der Waals surface area contributed by atoms with Crippen LogP contribution in [0.5, 0.6) is 0 Å². The molecule has 0 radical (unpaired) electrons. The Bertz CT molecular complexity index is 333. The first-order chi connectivity index (χ1) is 8.82. The molecule has 1 aliphatic heterocycles. The minimum absolute atomic E-state index is 0.0142. The van der Waals surface area contributed by atoms with Crippen LogP contribution in [0.4, 0.5) is 4.79 Å². The maximum Gasteiger partial charge on any atom is 0.326 e. The number of hydrogen-bond donors (Lipinski definition) is 2. The lowest BCUT2D eigenvalue weighted by Crippen LogP contribution is -2.50. The van der Waals surface area contributed by atoms with E-state index in [-0.39, 0.29) is 18.0 Å². The van der Waals surface area contributed by atoms with Gasteiger partial charge in [-0.05, 0) is 46.3 Å². The lowest BCUT2D eigenvalue weighted by atomic mass is 10.0. The van der Waals surface area contributed by atoms with Gasteiger partial charge in [-0.1, -0.05) is 6.92 Å². The molecule has 1 aliphatic rings. The van der Waals surface area contributed by atoms with Gasteiger partial charge in [0.15, 0.2) is 0 Å². The number of nitrogens with zero attached hydrogens (tertiary/aromatic N) is 2. The summed E-state index contributed by atoms with van der Waals surface area (Å²) < 4.78 is 0. The molecule has 6 nitrogen and oxygen atoms in total. The molecular formula is C13H25N3O3. The lowest BCUT2D eigenvalue weighted by Gasteiger charge is -2.26. The van der Waals surface area contributed by atoms with Crippen molar-refractivity contribution in [2.24, 2.45) is 5.92 Å². The first-order valence-electron chi connectivity index (χ1n) is 6.77. The van der Waals surface area contributed by atoms with E-state index in [0.29, 0.717) is 6.54 Å². The van der Waals surface area contributed by atoms with Gasteiger partial charge in [-0.3, -0.25) is 0 Å². The number of urea groups is 1. The minimum atomic E-state index is -0.916. The average molecular weight is 271 g/mol. The zero-order valence-corrected chi connectivity index (χ0v) is 12.2. The van der Waals surface area contributed by atoms with Crippen LogP contribution < -0.4 is 5.32 Å². The van der Waals surface area contributed by atoms with Crippen LogP contribution in [0, 0.1) is 5.92 Å². The molecule has 0 aliphatic carbocycles. The number of carboxylic acids is 1. The van der Waals surface area contributed by atoms with Gasteiger partial charge in [0, 0.05) is 12.6 Å². The quantitative estimate of drug-likeness (QED) is 0.777. The van der Waals surface area contributed by atoms with E-state index in [1.807, 2.05) is 27.9 Å². The smallest absolute Gasteiger partial charge is 0.326 e. The highest BCUT2D eigenvalue weighted by atomic mass is 16.4. The Morgan fingerprint density at radius 2 is 2.11 bits per heavy atom. The van der Waals surface area contributed by atoms with Crippen LogP contribution >= 0.6 is 0 Å². The van der Waals surface area contributed by atoms with Crippen molar-refractivity contribution in [3.05, 3.63) is 0 Å². The molecule has 19 heavy (non-hydrogen) atoms. The molecule has 6 heteroatoms. The number of carbonyl (C=O) groups excluding carboxylic acids is 1. The molecular weight excluding hydrogens is 246 g/mol. The summed E-state index contributed by atoms with van der Waals surface area (Å²) in [7, 11) is 3.97. The number of carbonyl (C=O) groups is 2. The highest BCUT2D eigenvalue weighted by Crippen LogP contribution is 2.24. The van der Waals surface area contributed by atoms with E-state index in [4.69, 9.17) is 0 Å². The van der Waals surface area contributed by atoms with Crippen molar-refractivity contribution >= 4 is 12.0 Å². The molecule has 0 aromatic heterocycles. The molecule has 1 rings (SSSR count). The maximum absolute atomic E-state index is 12.1. The molecule has 2 amide bonds. The van der Waals surface area contributed by atoms with E-state index < -0.39 is 12.0 Å². The molecule has 110 valence electrons. The van der Waals surface area contributed by atoms with Crippen molar-refractivity contribution in [3.8, 4) is 0 Å². The normalized spacial score (nSPS) is 24.6. The Hall–Kier alpha value is -1.30. The summed E-state index contributed by atoms with van der Waals surface area (Å²) in [5, 5.41) is 12.1. The highest BCUT2D eigenvalue weighted by Gasteiger charge is 2.39. The van der Waals surface area contributed by atoms with Gasteiger partial charge in [-0.2, -0.15) is 0 Å². The highest BCUT2D eigenvalue weighted by molar-refractivity contribution is 5.83. The van der Waals surface area contributed by atoms with Gasteiger partial charge < -0.3 is 20.2 Å². The van der Waals surface area contributed by atoms with Crippen molar-refractivity contribution in [1.29, 1.82) is 0 Å². The van der Waals surface area contributed by atoms with Gasteiger partial charge in [0.2, 0.25) is 0 Å². The third kappa shape index (κ3) is 4.38. The van der Waals surface area contributed by atoms with Crippen LogP contribution in [0.15, 0.2) is 0 Å². The van der Waals surface area contributed by atoms with Crippen molar-refractivity contribution in [2.45, 2.75) is 38.8 Å². The second-order valence-electron chi connectivity index (χ2n) is 5.68. The summed E-state index contributed by atoms with van der Waals surface area (Å²) >= 11 is 0. The summed E-state index contributed by atoms with van der Waals surface area (Å²) in [6, 6.07) is -0.913. The number of rotatable bonds is 5. The number of hydrogen-bond acceptors (Lipinski definition) is 3. The largest absolute Gasteiger partial charge is 0.480 e. The van der Waals surface area contributed by atoms with Gasteiger partial charge in [0.1, 0.15) is 6.04 Å². The lowest BCUT2D eigenvalue weighted by molar-refractivity contribution is -0.142. The van der Waals surface area contributed by atoms with Gasteiger partial charge in [0.25, 0.3) is 0 Å². The molecule has 0 bridgehead atoms. The van der Waals surface area contributed by atoms with E-state index in [2.05, 4.69) is 10.2 Å². The topological polar surface area (TPSA) is 72.9 Å².